The summed E-state index contributed by atoms with van der Waals surface area (Å²) in [6.07, 6.45) is 5.68. The maximum atomic E-state index is 13.2. The zero-order chi connectivity index (χ0) is 20.5. The molecule has 0 amide bonds. The molecule has 5 rings (SSSR count). The van der Waals surface area contributed by atoms with Gasteiger partial charge in [0.2, 0.25) is 0 Å². The molecule has 2 aromatic heterocycles. The molecule has 0 unspecified atom stereocenters. The van der Waals surface area contributed by atoms with Crippen LogP contribution in [-0.4, -0.2) is 55.9 Å². The number of rotatable bonds is 5. The van der Waals surface area contributed by atoms with Crippen LogP contribution in [0.25, 0.3) is 10.9 Å². The molecular formula is C22H28N6O2. The van der Waals surface area contributed by atoms with Gasteiger partial charge >= 0.3 is 0 Å². The van der Waals surface area contributed by atoms with Crippen LogP contribution in [0.1, 0.15) is 55.1 Å². The lowest BCUT2D eigenvalue weighted by Crippen LogP contribution is -2.39. The molecule has 0 spiro atoms. The maximum absolute atomic E-state index is 13.2. The highest BCUT2D eigenvalue weighted by atomic mass is 16.5. The topological polar surface area (TPSA) is 88.9 Å². The third-order valence-corrected chi connectivity index (χ3v) is 6.29. The van der Waals surface area contributed by atoms with E-state index in [0.717, 1.165) is 67.7 Å². The first-order valence-corrected chi connectivity index (χ1v) is 10.9. The van der Waals surface area contributed by atoms with Gasteiger partial charge in [-0.3, -0.25) is 9.69 Å². The highest BCUT2D eigenvalue weighted by molar-refractivity contribution is 5.79. The van der Waals surface area contributed by atoms with Gasteiger partial charge in [0.25, 0.3) is 5.56 Å². The molecule has 0 aliphatic carbocycles. The van der Waals surface area contributed by atoms with E-state index in [1.54, 1.807) is 0 Å². The standard InChI is InChI=1S/C22H28N6O2/c1-15-7-8-16-13-18(22(29)23-19(16)12-15)20(27-9-3-2-4-10-27)21-24-25-26-28(21)14-17-6-5-11-30-17/h7-8,12-13,17,20H,2-6,9-11,14H2,1H3,(H,23,29)/t17-,20+/m1/s1. The molecule has 158 valence electrons. The summed E-state index contributed by atoms with van der Waals surface area (Å²) >= 11 is 0. The van der Waals surface area contributed by atoms with Crippen molar-refractivity contribution >= 4 is 10.9 Å². The molecule has 30 heavy (non-hydrogen) atoms. The van der Waals surface area contributed by atoms with Gasteiger partial charge in [0.15, 0.2) is 5.82 Å². The van der Waals surface area contributed by atoms with E-state index in [0.29, 0.717) is 12.1 Å². The molecule has 0 radical (unpaired) electrons. The number of nitrogens with one attached hydrogen (secondary N) is 1. The van der Waals surface area contributed by atoms with Crippen LogP contribution >= 0.6 is 0 Å². The van der Waals surface area contributed by atoms with Gasteiger partial charge in [-0.15, -0.1) is 5.10 Å². The number of likely N-dealkylation sites (tertiary alicyclic amines) is 1. The zero-order valence-electron chi connectivity index (χ0n) is 17.4. The molecule has 8 nitrogen and oxygen atoms in total. The first-order valence-electron chi connectivity index (χ1n) is 10.9. The van der Waals surface area contributed by atoms with Gasteiger partial charge in [0.1, 0.15) is 6.04 Å². The van der Waals surface area contributed by atoms with E-state index in [-0.39, 0.29) is 17.7 Å². The van der Waals surface area contributed by atoms with Gasteiger partial charge in [-0.05, 0) is 79.2 Å². The number of piperidine rings is 1. The van der Waals surface area contributed by atoms with Gasteiger partial charge in [-0.1, -0.05) is 18.6 Å². The minimum atomic E-state index is -0.267. The Bertz CT molecular complexity index is 1080. The van der Waals surface area contributed by atoms with Gasteiger partial charge in [-0.25, -0.2) is 4.68 Å². The summed E-state index contributed by atoms with van der Waals surface area (Å²) in [7, 11) is 0. The molecule has 1 N–H and O–H groups in total. The van der Waals surface area contributed by atoms with Crippen LogP contribution < -0.4 is 5.56 Å². The number of H-pyrrole nitrogens is 1. The monoisotopic (exact) mass is 408 g/mol. The Balaban J connectivity index is 1.59. The maximum Gasteiger partial charge on any atom is 0.253 e. The smallest absolute Gasteiger partial charge is 0.253 e. The van der Waals surface area contributed by atoms with Gasteiger partial charge in [0.05, 0.1) is 12.6 Å². The van der Waals surface area contributed by atoms with Crippen LogP contribution in [0, 0.1) is 6.92 Å². The fourth-order valence-electron chi connectivity index (χ4n) is 4.73. The molecular weight excluding hydrogens is 380 g/mol. The lowest BCUT2D eigenvalue weighted by molar-refractivity contribution is 0.0902. The predicted molar refractivity (Wildman–Crippen MR) is 113 cm³/mol. The van der Waals surface area contributed by atoms with Crippen LogP contribution in [0.4, 0.5) is 0 Å². The second-order valence-corrected chi connectivity index (χ2v) is 8.50. The van der Waals surface area contributed by atoms with Crippen molar-refractivity contribution in [2.45, 2.75) is 57.7 Å². The number of nitrogens with zero attached hydrogens (tertiary/aromatic N) is 5. The lowest BCUT2D eigenvalue weighted by Gasteiger charge is -2.33. The average molecular weight is 409 g/mol. The SMILES string of the molecule is Cc1ccc2cc([C@@H](c3nnnn3C[C@H]3CCCO3)N3CCCCC3)c(=O)[nH]c2c1. The molecule has 0 saturated carbocycles. The molecule has 2 aliphatic heterocycles. The molecule has 2 saturated heterocycles. The zero-order valence-corrected chi connectivity index (χ0v) is 17.4. The van der Waals surface area contributed by atoms with E-state index < -0.39 is 0 Å². The Morgan fingerprint density at radius 2 is 2.07 bits per heavy atom. The number of hydrogen-bond donors (Lipinski definition) is 1. The molecule has 2 fully saturated rings. The lowest BCUT2D eigenvalue weighted by atomic mass is 10.00. The number of benzene rings is 1. The van der Waals surface area contributed by atoms with Crippen molar-refractivity contribution in [2.24, 2.45) is 0 Å². The number of fused-ring (bicyclic) bond motifs is 1. The quantitative estimate of drug-likeness (QED) is 0.698. The van der Waals surface area contributed by atoms with Crippen molar-refractivity contribution in [2.75, 3.05) is 19.7 Å². The minimum Gasteiger partial charge on any atom is -0.376 e. The van der Waals surface area contributed by atoms with Crippen molar-refractivity contribution < 1.29 is 4.74 Å². The summed E-state index contributed by atoms with van der Waals surface area (Å²) in [6.45, 7) is 5.31. The van der Waals surface area contributed by atoms with E-state index in [1.807, 2.05) is 23.7 Å². The molecule has 0 bridgehead atoms. The summed E-state index contributed by atoms with van der Waals surface area (Å²) in [5.41, 5.74) is 2.62. The first kappa shape index (κ1) is 19.4. The Hall–Kier alpha value is -2.58. The summed E-state index contributed by atoms with van der Waals surface area (Å²) in [6, 6.07) is 7.89. The van der Waals surface area contributed by atoms with Crippen molar-refractivity contribution in [1.29, 1.82) is 0 Å². The van der Waals surface area contributed by atoms with Crippen molar-refractivity contribution in [3.05, 3.63) is 51.6 Å². The molecule has 3 aromatic rings. The third kappa shape index (κ3) is 3.77. The van der Waals surface area contributed by atoms with E-state index >= 15 is 0 Å². The normalized spacial score (nSPS) is 21.3. The second-order valence-electron chi connectivity index (χ2n) is 8.50. The number of hydrogen-bond acceptors (Lipinski definition) is 6. The highest BCUT2D eigenvalue weighted by Crippen LogP contribution is 2.30. The van der Waals surface area contributed by atoms with Crippen LogP contribution in [0.15, 0.2) is 29.1 Å². The summed E-state index contributed by atoms with van der Waals surface area (Å²) in [5, 5.41) is 13.7. The van der Waals surface area contributed by atoms with Gasteiger partial charge in [-0.2, -0.15) is 0 Å². The number of ether oxygens (including phenoxy) is 1. The van der Waals surface area contributed by atoms with Crippen LogP contribution in [0.5, 0.6) is 0 Å². The Morgan fingerprint density at radius 1 is 1.20 bits per heavy atom. The van der Waals surface area contributed by atoms with Gasteiger partial charge < -0.3 is 9.72 Å². The van der Waals surface area contributed by atoms with Crippen LogP contribution in [-0.2, 0) is 11.3 Å². The van der Waals surface area contributed by atoms with E-state index in [4.69, 9.17) is 4.74 Å². The molecule has 2 atom stereocenters. The minimum absolute atomic E-state index is 0.0738. The number of aromatic nitrogens is 5. The Labute approximate surface area is 175 Å². The first-order chi connectivity index (χ1) is 14.7. The predicted octanol–water partition coefficient (Wildman–Crippen LogP) is 2.58. The second kappa shape index (κ2) is 8.28. The summed E-state index contributed by atoms with van der Waals surface area (Å²) < 4.78 is 7.65. The third-order valence-electron chi connectivity index (χ3n) is 6.29. The number of tetrazole rings is 1. The van der Waals surface area contributed by atoms with Crippen molar-refractivity contribution in [1.82, 2.24) is 30.1 Å². The number of aryl methyl sites for hydroxylation is 1. The van der Waals surface area contributed by atoms with E-state index in [2.05, 4.69) is 37.5 Å². The van der Waals surface area contributed by atoms with Crippen LogP contribution in [0.3, 0.4) is 0 Å². The summed E-state index contributed by atoms with van der Waals surface area (Å²) in [5.74, 6) is 0.726. The average Bonchev–Trinajstić information content (AvgIpc) is 3.42. The highest BCUT2D eigenvalue weighted by Gasteiger charge is 2.32. The fraction of sp³-hybridized carbons (Fsp3) is 0.545. The fourth-order valence-corrected chi connectivity index (χ4v) is 4.73. The molecule has 4 heterocycles. The Morgan fingerprint density at radius 3 is 2.87 bits per heavy atom. The number of pyridine rings is 1. The number of aromatic amines is 1. The van der Waals surface area contributed by atoms with Gasteiger partial charge in [0, 0.05) is 17.7 Å². The van der Waals surface area contributed by atoms with Crippen LogP contribution in [0.2, 0.25) is 0 Å². The molecule has 8 heteroatoms. The Kier molecular flexibility index (Phi) is 5.35. The summed E-state index contributed by atoms with van der Waals surface area (Å²) in [4.78, 5) is 18.6. The van der Waals surface area contributed by atoms with Crippen molar-refractivity contribution in [3.63, 3.8) is 0 Å². The molecule has 2 aliphatic rings. The largest absolute Gasteiger partial charge is 0.376 e. The molecule has 1 aromatic carbocycles. The van der Waals surface area contributed by atoms with Crippen molar-refractivity contribution in [3.8, 4) is 0 Å². The van der Waals surface area contributed by atoms with E-state index in [9.17, 15) is 4.79 Å². The van der Waals surface area contributed by atoms with E-state index in [1.165, 1.54) is 6.42 Å².